The number of nitro benzene ring substituents is 1. The Morgan fingerprint density at radius 2 is 2.26 bits per heavy atom. The number of non-ortho nitro benzene ring substituents is 1. The van der Waals surface area contributed by atoms with Crippen LogP contribution in [0.15, 0.2) is 30.5 Å². The standard InChI is InChI=1S/C11H9ClN4O3/c12-10-2-1-8(16(18)19)5-9(10)11(17)13-6-7-3-4-14-15-7/h1-5H,6H2,(H,13,17)(H,14,15). The lowest BCUT2D eigenvalue weighted by atomic mass is 10.2. The van der Waals surface area contributed by atoms with Crippen LogP contribution in [0.3, 0.4) is 0 Å². The van der Waals surface area contributed by atoms with Crippen molar-refractivity contribution >= 4 is 23.2 Å². The number of nitro groups is 1. The van der Waals surface area contributed by atoms with E-state index in [-0.39, 0.29) is 22.8 Å². The highest BCUT2D eigenvalue weighted by molar-refractivity contribution is 6.33. The minimum absolute atomic E-state index is 0.0652. The summed E-state index contributed by atoms with van der Waals surface area (Å²) < 4.78 is 0. The second kappa shape index (κ2) is 5.49. The maximum absolute atomic E-state index is 11.9. The smallest absolute Gasteiger partial charge is 0.270 e. The van der Waals surface area contributed by atoms with Gasteiger partial charge < -0.3 is 5.32 Å². The molecule has 2 rings (SSSR count). The van der Waals surface area contributed by atoms with Gasteiger partial charge in [-0.1, -0.05) is 11.6 Å². The maximum atomic E-state index is 11.9. The monoisotopic (exact) mass is 280 g/mol. The van der Waals surface area contributed by atoms with Gasteiger partial charge in [-0.25, -0.2) is 0 Å². The van der Waals surface area contributed by atoms with Gasteiger partial charge in [0, 0.05) is 18.3 Å². The molecule has 0 saturated carbocycles. The minimum atomic E-state index is -0.581. The molecule has 8 heteroatoms. The Labute approximate surface area is 112 Å². The van der Waals surface area contributed by atoms with E-state index >= 15 is 0 Å². The quantitative estimate of drug-likeness (QED) is 0.659. The summed E-state index contributed by atoms with van der Waals surface area (Å²) >= 11 is 5.85. The van der Waals surface area contributed by atoms with Crippen molar-refractivity contribution in [2.75, 3.05) is 0 Å². The van der Waals surface area contributed by atoms with E-state index in [0.717, 1.165) is 11.8 Å². The summed E-state index contributed by atoms with van der Waals surface area (Å²) in [5, 5.41) is 19.8. The van der Waals surface area contributed by atoms with E-state index < -0.39 is 10.8 Å². The molecular formula is C11H9ClN4O3. The van der Waals surface area contributed by atoms with Crippen LogP contribution in [-0.4, -0.2) is 21.0 Å². The number of halogens is 1. The molecule has 0 aliphatic carbocycles. The predicted octanol–water partition coefficient (Wildman–Crippen LogP) is 1.90. The van der Waals surface area contributed by atoms with Crippen LogP contribution in [0.1, 0.15) is 16.1 Å². The summed E-state index contributed by atoms with van der Waals surface area (Å²) in [6.45, 7) is 0.234. The molecule has 0 unspecified atom stereocenters. The number of benzene rings is 1. The van der Waals surface area contributed by atoms with Gasteiger partial charge in [0.2, 0.25) is 0 Å². The first-order valence-corrected chi connectivity index (χ1v) is 5.66. The molecule has 0 saturated heterocycles. The summed E-state index contributed by atoms with van der Waals surface area (Å²) in [4.78, 5) is 22.0. The highest BCUT2D eigenvalue weighted by atomic mass is 35.5. The molecule has 19 heavy (non-hydrogen) atoms. The molecule has 2 N–H and O–H groups in total. The average Bonchev–Trinajstić information content (AvgIpc) is 2.89. The van der Waals surface area contributed by atoms with E-state index in [2.05, 4.69) is 15.5 Å². The van der Waals surface area contributed by atoms with Crippen LogP contribution < -0.4 is 5.32 Å². The molecule has 0 bridgehead atoms. The van der Waals surface area contributed by atoms with Crippen LogP contribution in [0.4, 0.5) is 5.69 Å². The molecule has 1 aromatic heterocycles. The van der Waals surface area contributed by atoms with Crippen molar-refractivity contribution in [2.24, 2.45) is 0 Å². The molecule has 0 aliphatic heterocycles. The van der Waals surface area contributed by atoms with Crippen LogP contribution in [0.25, 0.3) is 0 Å². The molecule has 1 aromatic carbocycles. The summed E-state index contributed by atoms with van der Waals surface area (Å²) in [7, 11) is 0. The number of aromatic amines is 1. The third-order valence-electron chi connectivity index (χ3n) is 2.40. The van der Waals surface area contributed by atoms with E-state index in [1.54, 1.807) is 12.3 Å². The Morgan fingerprint density at radius 3 is 2.89 bits per heavy atom. The van der Waals surface area contributed by atoms with Crippen LogP contribution in [0, 0.1) is 10.1 Å². The predicted molar refractivity (Wildman–Crippen MR) is 67.9 cm³/mol. The number of carbonyl (C=O) groups excluding carboxylic acids is 1. The van der Waals surface area contributed by atoms with Crippen molar-refractivity contribution in [3.63, 3.8) is 0 Å². The highest BCUT2D eigenvalue weighted by Crippen LogP contribution is 2.21. The molecule has 0 fully saturated rings. The SMILES string of the molecule is O=C(NCc1ccn[nH]1)c1cc([N+](=O)[O-])ccc1Cl. The van der Waals surface area contributed by atoms with Crippen molar-refractivity contribution < 1.29 is 9.72 Å². The Morgan fingerprint density at radius 1 is 1.47 bits per heavy atom. The molecule has 0 aliphatic rings. The van der Waals surface area contributed by atoms with E-state index in [0.29, 0.717) is 0 Å². The topological polar surface area (TPSA) is 101 Å². The first-order valence-electron chi connectivity index (χ1n) is 5.28. The minimum Gasteiger partial charge on any atom is -0.346 e. The molecule has 1 amide bonds. The second-order valence-electron chi connectivity index (χ2n) is 3.69. The lowest BCUT2D eigenvalue weighted by Gasteiger charge is -2.05. The number of hydrogen-bond acceptors (Lipinski definition) is 4. The lowest BCUT2D eigenvalue weighted by Crippen LogP contribution is -2.23. The third kappa shape index (κ3) is 3.08. The van der Waals surface area contributed by atoms with Gasteiger partial charge in [-0.05, 0) is 12.1 Å². The summed E-state index contributed by atoms with van der Waals surface area (Å²) in [6, 6.07) is 5.42. The lowest BCUT2D eigenvalue weighted by molar-refractivity contribution is -0.384. The fourth-order valence-electron chi connectivity index (χ4n) is 1.45. The number of carbonyl (C=O) groups is 1. The fourth-order valence-corrected chi connectivity index (χ4v) is 1.66. The van der Waals surface area contributed by atoms with Gasteiger partial charge in [0.25, 0.3) is 11.6 Å². The number of nitrogens with one attached hydrogen (secondary N) is 2. The van der Waals surface area contributed by atoms with Crippen LogP contribution in [0.5, 0.6) is 0 Å². The summed E-state index contributed by atoms with van der Waals surface area (Å²) in [5.41, 5.74) is 0.598. The number of nitrogens with zero attached hydrogens (tertiary/aromatic N) is 2. The number of amides is 1. The number of aromatic nitrogens is 2. The Kier molecular flexibility index (Phi) is 3.76. The average molecular weight is 281 g/mol. The Hall–Kier alpha value is -2.41. The first kappa shape index (κ1) is 13.0. The molecule has 0 atom stereocenters. The maximum Gasteiger partial charge on any atom is 0.270 e. The molecule has 98 valence electrons. The van der Waals surface area contributed by atoms with Gasteiger partial charge in [0.1, 0.15) is 0 Å². The number of rotatable bonds is 4. The van der Waals surface area contributed by atoms with Gasteiger partial charge in [0.05, 0.1) is 27.7 Å². The summed E-state index contributed by atoms with van der Waals surface area (Å²) in [5.74, 6) is -0.483. The van der Waals surface area contributed by atoms with E-state index in [9.17, 15) is 14.9 Å². The van der Waals surface area contributed by atoms with Gasteiger partial charge in [-0.2, -0.15) is 5.10 Å². The van der Waals surface area contributed by atoms with Gasteiger partial charge in [-0.3, -0.25) is 20.0 Å². The van der Waals surface area contributed by atoms with Crippen molar-refractivity contribution in [2.45, 2.75) is 6.54 Å². The first-order chi connectivity index (χ1) is 9.08. The van der Waals surface area contributed by atoms with Crippen molar-refractivity contribution in [1.29, 1.82) is 0 Å². The van der Waals surface area contributed by atoms with Crippen molar-refractivity contribution in [3.05, 3.63) is 56.9 Å². The normalized spacial score (nSPS) is 10.2. The van der Waals surface area contributed by atoms with Crippen LogP contribution in [0.2, 0.25) is 5.02 Å². The molecule has 2 aromatic rings. The Bertz CT molecular complexity index is 612. The van der Waals surface area contributed by atoms with E-state index in [4.69, 9.17) is 11.6 Å². The fraction of sp³-hybridized carbons (Fsp3) is 0.0909. The highest BCUT2D eigenvalue weighted by Gasteiger charge is 2.15. The third-order valence-corrected chi connectivity index (χ3v) is 2.73. The molecule has 0 spiro atoms. The zero-order valence-electron chi connectivity index (χ0n) is 9.59. The molecular weight excluding hydrogens is 272 g/mol. The zero-order valence-corrected chi connectivity index (χ0v) is 10.3. The number of hydrogen-bond donors (Lipinski definition) is 2. The van der Waals surface area contributed by atoms with Crippen molar-refractivity contribution in [3.8, 4) is 0 Å². The molecule has 0 radical (unpaired) electrons. The van der Waals surface area contributed by atoms with Crippen LogP contribution in [-0.2, 0) is 6.54 Å². The van der Waals surface area contributed by atoms with Gasteiger partial charge in [0.15, 0.2) is 0 Å². The largest absolute Gasteiger partial charge is 0.346 e. The molecule has 7 nitrogen and oxygen atoms in total. The van der Waals surface area contributed by atoms with E-state index in [1.165, 1.54) is 12.1 Å². The van der Waals surface area contributed by atoms with E-state index in [1.807, 2.05) is 0 Å². The second-order valence-corrected chi connectivity index (χ2v) is 4.09. The Balaban J connectivity index is 2.14. The zero-order chi connectivity index (χ0) is 13.8. The van der Waals surface area contributed by atoms with Crippen LogP contribution >= 0.6 is 11.6 Å². The van der Waals surface area contributed by atoms with Crippen molar-refractivity contribution in [1.82, 2.24) is 15.5 Å². The van der Waals surface area contributed by atoms with Gasteiger partial charge in [-0.15, -0.1) is 0 Å². The summed E-state index contributed by atoms with van der Waals surface area (Å²) in [6.07, 6.45) is 1.56. The van der Waals surface area contributed by atoms with Gasteiger partial charge >= 0.3 is 0 Å². The number of H-pyrrole nitrogens is 1. The molecule has 1 heterocycles.